The Morgan fingerprint density at radius 3 is 1.87 bits per heavy atom. The van der Waals surface area contributed by atoms with Crippen LogP contribution in [0.2, 0.25) is 0 Å². The molecule has 55 heavy (non-hydrogen) atoms. The van der Waals surface area contributed by atoms with Crippen LogP contribution in [0.25, 0.3) is 44.5 Å². The Morgan fingerprint density at radius 2 is 1.11 bits per heavy atom. The summed E-state index contributed by atoms with van der Waals surface area (Å²) in [7, 11) is 0. The molecule has 2 bridgehead atoms. The first-order valence-corrected chi connectivity index (χ1v) is 19.3. The van der Waals surface area contributed by atoms with Gasteiger partial charge in [0, 0.05) is 21.8 Å². The molecule has 13 rings (SSSR count). The highest BCUT2D eigenvalue weighted by atomic mass is 16.3. The summed E-state index contributed by atoms with van der Waals surface area (Å²) in [5, 5.41) is 1.97. The molecular weight excluding hydrogens is 669 g/mol. The van der Waals surface area contributed by atoms with E-state index in [1.165, 1.54) is 61.2 Å². The number of fused-ring (bicyclic) bond motifs is 6. The fourth-order valence-corrected chi connectivity index (χ4v) is 10.8. The first kappa shape index (κ1) is 30.8. The van der Waals surface area contributed by atoms with Crippen molar-refractivity contribution < 1.29 is 4.42 Å². The van der Waals surface area contributed by atoms with Gasteiger partial charge in [-0.1, -0.05) is 172 Å². The van der Waals surface area contributed by atoms with Crippen LogP contribution in [0.4, 0.5) is 0 Å². The number of rotatable bonds is 3. The van der Waals surface area contributed by atoms with Crippen LogP contribution in [0.3, 0.4) is 0 Å². The Bertz CT molecular complexity index is 3010. The summed E-state index contributed by atoms with van der Waals surface area (Å²) in [6.07, 6.45) is 0.823. The molecule has 0 unspecified atom stereocenters. The lowest BCUT2D eigenvalue weighted by Crippen LogP contribution is -2.43. The van der Waals surface area contributed by atoms with Gasteiger partial charge in [0.1, 0.15) is 11.0 Å². The van der Waals surface area contributed by atoms with Gasteiger partial charge in [-0.25, -0.2) is 4.98 Å². The summed E-state index contributed by atoms with van der Waals surface area (Å²) in [6.45, 7) is 4.68. The van der Waals surface area contributed by atoms with Gasteiger partial charge in [-0.3, -0.25) is 0 Å². The molecule has 3 heteroatoms. The number of furan rings is 1. The minimum absolute atomic E-state index is 0.156. The molecule has 0 spiro atoms. The maximum Gasteiger partial charge on any atom is 0.231 e. The average molecular weight is 705 g/mol. The van der Waals surface area contributed by atoms with Gasteiger partial charge in [0.05, 0.1) is 11.1 Å². The molecule has 0 aliphatic heterocycles. The molecule has 0 N–H and O–H groups in total. The number of hydrogen-bond acceptors (Lipinski definition) is 3. The van der Waals surface area contributed by atoms with Crippen molar-refractivity contribution >= 4 is 22.1 Å². The standard InChI is InChI=1S/C52H36N2O/c1-50(2)39-22-10-7-19-35(39)36-29-28-32(30-44(36)50)47-46-37-20-8-15-27-45(37)55-48(46)54-49(53-47)52-38-21-9-6-16-33(38)31-51(34-17-4-3-5-18-34,40-23-11-13-25-42(40)52)41-24-12-14-26-43(41)52/h3-30H,31H2,1-2H3. The molecule has 0 saturated carbocycles. The fraction of sp³-hybridized carbons (Fsp3) is 0.115. The molecule has 2 aromatic heterocycles. The third-order valence-corrected chi connectivity index (χ3v) is 13.2. The number of nitrogens with zero attached hydrogens (tertiary/aromatic N) is 2. The van der Waals surface area contributed by atoms with Crippen molar-refractivity contribution in [2.24, 2.45) is 0 Å². The highest BCUT2D eigenvalue weighted by molar-refractivity contribution is 6.10. The molecule has 4 aliphatic rings. The van der Waals surface area contributed by atoms with Crippen molar-refractivity contribution in [3.05, 3.63) is 226 Å². The van der Waals surface area contributed by atoms with Crippen molar-refractivity contribution in [3.63, 3.8) is 0 Å². The molecule has 260 valence electrons. The van der Waals surface area contributed by atoms with Crippen molar-refractivity contribution in [1.29, 1.82) is 0 Å². The normalized spacial score (nSPS) is 19.7. The first-order valence-electron chi connectivity index (χ1n) is 19.3. The Labute approximate surface area is 320 Å². The maximum atomic E-state index is 6.77. The highest BCUT2D eigenvalue weighted by Crippen LogP contribution is 2.62. The van der Waals surface area contributed by atoms with Gasteiger partial charge in [-0.05, 0) is 79.8 Å². The van der Waals surface area contributed by atoms with E-state index < -0.39 is 10.8 Å². The molecule has 9 aromatic rings. The maximum absolute atomic E-state index is 6.77. The minimum atomic E-state index is -0.813. The zero-order valence-corrected chi connectivity index (χ0v) is 30.7. The van der Waals surface area contributed by atoms with E-state index in [0.29, 0.717) is 5.71 Å². The molecule has 0 amide bonds. The van der Waals surface area contributed by atoms with E-state index in [1.54, 1.807) is 0 Å². The molecule has 0 radical (unpaired) electrons. The van der Waals surface area contributed by atoms with Crippen molar-refractivity contribution in [1.82, 2.24) is 9.97 Å². The van der Waals surface area contributed by atoms with Crippen LogP contribution in [0.15, 0.2) is 174 Å². The van der Waals surface area contributed by atoms with E-state index in [0.717, 1.165) is 39.9 Å². The molecule has 0 saturated heterocycles. The number of para-hydroxylation sites is 1. The average Bonchev–Trinajstić information content (AvgIpc) is 3.64. The Morgan fingerprint density at radius 1 is 0.509 bits per heavy atom. The van der Waals surface area contributed by atoms with Crippen molar-refractivity contribution in [3.8, 4) is 22.4 Å². The molecule has 7 aromatic carbocycles. The number of aromatic nitrogens is 2. The van der Waals surface area contributed by atoms with Gasteiger partial charge >= 0.3 is 0 Å². The summed E-state index contributed by atoms with van der Waals surface area (Å²) in [5.74, 6) is 0.730. The smallest absolute Gasteiger partial charge is 0.231 e. The second-order valence-corrected chi connectivity index (χ2v) is 16.1. The molecule has 0 atom stereocenters. The zero-order chi connectivity index (χ0) is 36.5. The molecular formula is C52H36N2O. The number of benzene rings is 7. The van der Waals surface area contributed by atoms with Crippen LogP contribution in [0, 0.1) is 0 Å². The van der Waals surface area contributed by atoms with Crippen LogP contribution in [0.1, 0.15) is 69.7 Å². The van der Waals surface area contributed by atoms with E-state index in [9.17, 15) is 0 Å². The van der Waals surface area contributed by atoms with Gasteiger partial charge in [0.15, 0.2) is 5.82 Å². The van der Waals surface area contributed by atoms with Crippen molar-refractivity contribution in [2.45, 2.75) is 36.5 Å². The van der Waals surface area contributed by atoms with Crippen LogP contribution in [-0.4, -0.2) is 9.97 Å². The Kier molecular flexibility index (Phi) is 6.04. The highest BCUT2D eigenvalue weighted by Gasteiger charge is 2.58. The Balaban J connectivity index is 1.23. The largest absolute Gasteiger partial charge is 0.438 e. The van der Waals surface area contributed by atoms with Crippen LogP contribution < -0.4 is 0 Å². The van der Waals surface area contributed by atoms with Gasteiger partial charge < -0.3 is 4.42 Å². The van der Waals surface area contributed by atoms with E-state index in [-0.39, 0.29) is 5.41 Å². The van der Waals surface area contributed by atoms with E-state index in [4.69, 9.17) is 14.4 Å². The van der Waals surface area contributed by atoms with E-state index >= 15 is 0 Å². The van der Waals surface area contributed by atoms with Gasteiger partial charge in [0.2, 0.25) is 5.71 Å². The lowest BCUT2D eigenvalue weighted by molar-refractivity contribution is 0.563. The lowest BCUT2D eigenvalue weighted by atomic mass is 9.55. The quantitative estimate of drug-likeness (QED) is 0.184. The predicted molar refractivity (Wildman–Crippen MR) is 221 cm³/mol. The van der Waals surface area contributed by atoms with Gasteiger partial charge in [-0.2, -0.15) is 4.98 Å². The summed E-state index contributed by atoms with van der Waals surface area (Å²) < 4.78 is 6.77. The van der Waals surface area contributed by atoms with Crippen molar-refractivity contribution in [2.75, 3.05) is 0 Å². The minimum Gasteiger partial charge on any atom is -0.438 e. The summed E-state index contributed by atoms with van der Waals surface area (Å²) in [6, 6.07) is 62.2. The van der Waals surface area contributed by atoms with E-state index in [1.807, 2.05) is 12.1 Å². The Hall–Kier alpha value is -6.58. The number of hydrogen-bond donors (Lipinski definition) is 0. The van der Waals surface area contributed by atoms with E-state index in [2.05, 4.69) is 172 Å². The summed E-state index contributed by atoms with van der Waals surface area (Å²) >= 11 is 0. The second-order valence-electron chi connectivity index (χ2n) is 16.1. The summed E-state index contributed by atoms with van der Waals surface area (Å²) in [4.78, 5) is 11.4. The SMILES string of the molecule is CC1(C)c2ccccc2-c2ccc(-c3nc(C45c6ccccc6CC(c6ccccc6)(c6ccccc64)c4ccccc45)nc4oc5ccccc5c34)cc21. The molecule has 0 fully saturated rings. The third-order valence-electron chi connectivity index (χ3n) is 13.2. The summed E-state index contributed by atoms with van der Waals surface area (Å²) in [5.41, 5.74) is 16.1. The third kappa shape index (κ3) is 3.80. The molecule has 2 heterocycles. The van der Waals surface area contributed by atoms with Crippen LogP contribution >= 0.6 is 0 Å². The lowest BCUT2D eigenvalue weighted by Gasteiger charge is -2.46. The van der Waals surface area contributed by atoms with Gasteiger partial charge in [0.25, 0.3) is 0 Å². The zero-order valence-electron chi connectivity index (χ0n) is 30.7. The topological polar surface area (TPSA) is 38.9 Å². The monoisotopic (exact) mass is 704 g/mol. The fourth-order valence-electron chi connectivity index (χ4n) is 10.8. The second kappa shape index (κ2) is 10.8. The van der Waals surface area contributed by atoms with Gasteiger partial charge in [-0.15, -0.1) is 0 Å². The molecule has 3 nitrogen and oxygen atoms in total. The van der Waals surface area contributed by atoms with Crippen LogP contribution in [-0.2, 0) is 22.7 Å². The molecule has 4 aliphatic carbocycles. The van der Waals surface area contributed by atoms with Crippen LogP contribution in [0.5, 0.6) is 0 Å². The first-order chi connectivity index (χ1) is 27.0. The predicted octanol–water partition coefficient (Wildman–Crippen LogP) is 11.9.